The predicted octanol–water partition coefficient (Wildman–Crippen LogP) is 3.94. The number of aromatic nitrogens is 3. The van der Waals surface area contributed by atoms with E-state index in [0.29, 0.717) is 10.9 Å². The number of pyridine rings is 1. The molecule has 1 aliphatic carbocycles. The minimum absolute atomic E-state index is 0.398. The largest absolute Gasteiger partial charge is 0.386 e. The van der Waals surface area contributed by atoms with Gasteiger partial charge in [0.1, 0.15) is 11.9 Å². The molecule has 134 valence electrons. The number of rotatable bonds is 3. The zero-order valence-corrected chi connectivity index (χ0v) is 15.2. The van der Waals surface area contributed by atoms with Crippen LogP contribution >= 0.6 is 11.6 Å². The summed E-state index contributed by atoms with van der Waals surface area (Å²) in [6.45, 7) is 2.54. The van der Waals surface area contributed by atoms with Gasteiger partial charge in [0, 0.05) is 18.5 Å². The van der Waals surface area contributed by atoms with Crippen molar-refractivity contribution in [1.29, 1.82) is 0 Å². The third-order valence-corrected chi connectivity index (χ3v) is 5.69. The average Bonchev–Trinajstić information content (AvgIpc) is 3.45. The van der Waals surface area contributed by atoms with Crippen molar-refractivity contribution in [3.8, 4) is 0 Å². The molecule has 0 spiro atoms. The van der Waals surface area contributed by atoms with Crippen molar-refractivity contribution in [2.24, 2.45) is 5.92 Å². The van der Waals surface area contributed by atoms with Crippen LogP contribution in [0.1, 0.15) is 36.8 Å². The van der Waals surface area contributed by atoms with Crippen molar-refractivity contribution in [2.45, 2.75) is 38.5 Å². The van der Waals surface area contributed by atoms with Crippen LogP contribution in [0.25, 0.3) is 10.9 Å². The molecule has 0 radical (unpaired) electrons. The van der Waals surface area contributed by atoms with E-state index in [-0.39, 0.29) is 0 Å². The Morgan fingerprint density at radius 2 is 2.04 bits per heavy atom. The van der Waals surface area contributed by atoms with Crippen LogP contribution < -0.4 is 4.90 Å². The fourth-order valence-corrected chi connectivity index (χ4v) is 3.98. The number of anilines is 1. The van der Waals surface area contributed by atoms with Crippen LogP contribution in [0.4, 0.5) is 5.82 Å². The Balaban J connectivity index is 1.46. The Kier molecular flexibility index (Phi) is 3.87. The molecular weight excluding hydrogens is 348 g/mol. The SMILES string of the molecule is OC(c1cc2n(n1)CCCN(c1ccc3cccc(Cl)c3n1)C2)C1CC1. The Morgan fingerprint density at radius 1 is 1.15 bits per heavy atom. The van der Waals surface area contributed by atoms with Crippen molar-refractivity contribution in [3.05, 3.63) is 52.8 Å². The Morgan fingerprint density at radius 3 is 2.88 bits per heavy atom. The lowest BCUT2D eigenvalue weighted by atomic mass is 10.1. The minimum atomic E-state index is -0.416. The number of para-hydroxylation sites is 1. The van der Waals surface area contributed by atoms with Crippen LogP contribution in [0.3, 0.4) is 0 Å². The number of halogens is 1. The summed E-state index contributed by atoms with van der Waals surface area (Å²) in [5.74, 6) is 1.33. The highest BCUT2D eigenvalue weighted by molar-refractivity contribution is 6.35. The van der Waals surface area contributed by atoms with Gasteiger partial charge in [0.2, 0.25) is 0 Å². The first-order chi connectivity index (χ1) is 12.7. The summed E-state index contributed by atoms with van der Waals surface area (Å²) < 4.78 is 2.05. The van der Waals surface area contributed by atoms with Crippen molar-refractivity contribution in [2.75, 3.05) is 11.4 Å². The number of hydrogen-bond donors (Lipinski definition) is 1. The van der Waals surface area contributed by atoms with Gasteiger partial charge in [0.05, 0.1) is 28.5 Å². The van der Waals surface area contributed by atoms with E-state index in [1.165, 1.54) is 0 Å². The first-order valence-corrected chi connectivity index (χ1v) is 9.62. The van der Waals surface area contributed by atoms with Gasteiger partial charge < -0.3 is 10.0 Å². The highest BCUT2D eigenvalue weighted by Crippen LogP contribution is 2.40. The van der Waals surface area contributed by atoms with Crippen LogP contribution in [0.5, 0.6) is 0 Å². The van der Waals surface area contributed by atoms with E-state index in [1.54, 1.807) is 0 Å². The molecule has 3 aromatic rings. The van der Waals surface area contributed by atoms with E-state index in [2.05, 4.69) is 32.9 Å². The van der Waals surface area contributed by atoms with Crippen molar-refractivity contribution < 1.29 is 5.11 Å². The molecule has 26 heavy (non-hydrogen) atoms. The summed E-state index contributed by atoms with van der Waals surface area (Å²) in [6, 6.07) is 12.1. The molecule has 1 fully saturated rings. The fourth-order valence-electron chi connectivity index (χ4n) is 3.75. The molecule has 2 aliphatic rings. The van der Waals surface area contributed by atoms with Crippen LogP contribution in [0.15, 0.2) is 36.4 Å². The second kappa shape index (κ2) is 6.25. The quantitative estimate of drug-likeness (QED) is 0.760. The van der Waals surface area contributed by atoms with Gasteiger partial charge in [0.15, 0.2) is 0 Å². The molecule has 5 nitrogen and oxygen atoms in total. The highest BCUT2D eigenvalue weighted by Gasteiger charge is 2.33. The lowest BCUT2D eigenvalue weighted by molar-refractivity contribution is 0.148. The van der Waals surface area contributed by atoms with E-state index >= 15 is 0 Å². The third-order valence-electron chi connectivity index (χ3n) is 5.38. The summed E-state index contributed by atoms with van der Waals surface area (Å²) in [6.07, 6.45) is 2.80. The zero-order valence-electron chi connectivity index (χ0n) is 14.5. The van der Waals surface area contributed by atoms with E-state index in [4.69, 9.17) is 16.6 Å². The fraction of sp³-hybridized carbons (Fsp3) is 0.400. The van der Waals surface area contributed by atoms with Gasteiger partial charge in [-0.15, -0.1) is 0 Å². The van der Waals surface area contributed by atoms with Gasteiger partial charge in [-0.05, 0) is 49.4 Å². The Labute approximate surface area is 157 Å². The first kappa shape index (κ1) is 16.1. The van der Waals surface area contributed by atoms with Crippen LogP contribution in [0, 0.1) is 5.92 Å². The summed E-state index contributed by atoms with van der Waals surface area (Å²) in [7, 11) is 0. The molecule has 1 N–H and O–H groups in total. The molecule has 3 heterocycles. The Hall–Kier alpha value is -2.11. The number of aliphatic hydroxyl groups is 1. The minimum Gasteiger partial charge on any atom is -0.386 e. The molecular formula is C20H21ClN4O. The van der Waals surface area contributed by atoms with E-state index in [0.717, 1.165) is 67.0 Å². The molecule has 1 aliphatic heterocycles. The summed E-state index contributed by atoms with van der Waals surface area (Å²) >= 11 is 6.33. The predicted molar refractivity (Wildman–Crippen MR) is 102 cm³/mol. The van der Waals surface area contributed by atoms with Gasteiger partial charge in [-0.25, -0.2) is 4.98 Å². The summed E-state index contributed by atoms with van der Waals surface area (Å²) in [4.78, 5) is 7.08. The molecule has 5 rings (SSSR count). The molecule has 1 atom stereocenters. The second-order valence-electron chi connectivity index (χ2n) is 7.32. The molecule has 1 unspecified atom stereocenters. The standard InChI is InChI=1S/C20H21ClN4O/c21-16-4-1-3-13-7-8-18(22-19(13)16)24-9-2-10-25-15(12-24)11-17(23-25)20(26)14-5-6-14/h1,3-4,7-8,11,14,20,26H,2,5-6,9-10,12H2. The van der Waals surface area contributed by atoms with Crippen molar-refractivity contribution in [3.63, 3.8) is 0 Å². The molecule has 0 saturated heterocycles. The van der Waals surface area contributed by atoms with Gasteiger partial charge in [-0.2, -0.15) is 5.10 Å². The first-order valence-electron chi connectivity index (χ1n) is 9.24. The summed E-state index contributed by atoms with van der Waals surface area (Å²) in [5.41, 5.74) is 2.80. The molecule has 2 aromatic heterocycles. The van der Waals surface area contributed by atoms with Crippen LogP contribution in [0.2, 0.25) is 5.02 Å². The van der Waals surface area contributed by atoms with E-state index in [9.17, 15) is 5.11 Å². The maximum absolute atomic E-state index is 10.4. The third kappa shape index (κ3) is 2.85. The lowest BCUT2D eigenvalue weighted by Crippen LogP contribution is -2.23. The van der Waals surface area contributed by atoms with Gasteiger partial charge in [-0.3, -0.25) is 4.68 Å². The smallest absolute Gasteiger partial charge is 0.129 e. The van der Waals surface area contributed by atoms with Gasteiger partial charge in [0.25, 0.3) is 0 Å². The van der Waals surface area contributed by atoms with E-state index < -0.39 is 6.10 Å². The number of aryl methyl sites for hydroxylation is 1. The average molecular weight is 369 g/mol. The number of nitrogens with zero attached hydrogens (tertiary/aromatic N) is 4. The zero-order chi connectivity index (χ0) is 17.7. The lowest BCUT2D eigenvalue weighted by Gasteiger charge is -2.21. The molecule has 1 aromatic carbocycles. The second-order valence-corrected chi connectivity index (χ2v) is 7.73. The molecule has 0 bridgehead atoms. The van der Waals surface area contributed by atoms with Crippen molar-refractivity contribution >= 4 is 28.3 Å². The van der Waals surface area contributed by atoms with Gasteiger partial charge in [-0.1, -0.05) is 23.7 Å². The molecule has 1 saturated carbocycles. The highest BCUT2D eigenvalue weighted by atomic mass is 35.5. The topological polar surface area (TPSA) is 54.2 Å². The summed E-state index contributed by atoms with van der Waals surface area (Å²) in [5, 5.41) is 16.8. The van der Waals surface area contributed by atoms with Crippen molar-refractivity contribution in [1.82, 2.24) is 14.8 Å². The normalized spacial score (nSPS) is 18.6. The maximum atomic E-state index is 10.4. The number of aliphatic hydroxyl groups excluding tert-OH is 1. The number of fused-ring (bicyclic) bond motifs is 2. The van der Waals surface area contributed by atoms with Crippen LogP contribution in [-0.2, 0) is 13.1 Å². The molecule has 0 amide bonds. The number of hydrogen-bond acceptors (Lipinski definition) is 4. The van der Waals surface area contributed by atoms with Crippen LogP contribution in [-0.4, -0.2) is 26.4 Å². The number of benzene rings is 1. The van der Waals surface area contributed by atoms with Gasteiger partial charge >= 0.3 is 0 Å². The maximum Gasteiger partial charge on any atom is 0.129 e. The Bertz CT molecular complexity index is 966. The molecule has 6 heteroatoms. The monoisotopic (exact) mass is 368 g/mol. The van der Waals surface area contributed by atoms with E-state index in [1.807, 2.05) is 18.2 Å².